The van der Waals surface area contributed by atoms with Gasteiger partial charge in [0.1, 0.15) is 0 Å². The molecule has 5 nitrogen and oxygen atoms in total. The number of ether oxygens (including phenoxy) is 1. The molecule has 0 amide bonds. The summed E-state index contributed by atoms with van der Waals surface area (Å²) in [5, 5.41) is 0.387. The number of carbonyl (C=O) groups is 1. The molecule has 31 heavy (non-hydrogen) atoms. The Morgan fingerprint density at radius 1 is 1.13 bits per heavy atom. The van der Waals surface area contributed by atoms with Gasteiger partial charge in [0.25, 0.3) is 0 Å². The Kier molecular flexibility index (Phi) is 8.56. The van der Waals surface area contributed by atoms with Gasteiger partial charge in [0.2, 0.25) is 10.0 Å². The maximum absolute atomic E-state index is 13.5. The smallest absolute Gasteiger partial charge is 0.308 e. The molecule has 0 spiro atoms. The standard InChI is InChI=1S/C23H27BrClNO4S/c1-2-30-23(27)19-11-9-17(10-12-19)15-26(16-18-5-3-6-20(24)13-18)31(28,29)22-8-4-7-21(25)14-22/h3-8,13-14,17,19H,2,9-12,15-16H2,1H3. The van der Waals surface area contributed by atoms with Gasteiger partial charge in [0, 0.05) is 22.6 Å². The highest BCUT2D eigenvalue weighted by Gasteiger charge is 2.32. The Morgan fingerprint density at radius 2 is 1.84 bits per heavy atom. The largest absolute Gasteiger partial charge is 0.466 e. The van der Waals surface area contributed by atoms with Crippen molar-refractivity contribution in [1.82, 2.24) is 4.31 Å². The highest BCUT2D eigenvalue weighted by molar-refractivity contribution is 9.10. The number of carbonyl (C=O) groups excluding carboxylic acids is 1. The fraction of sp³-hybridized carbons (Fsp3) is 0.435. The van der Waals surface area contributed by atoms with E-state index in [0.29, 0.717) is 18.2 Å². The van der Waals surface area contributed by atoms with Gasteiger partial charge in [-0.1, -0.05) is 45.7 Å². The number of esters is 1. The van der Waals surface area contributed by atoms with E-state index in [9.17, 15) is 13.2 Å². The van der Waals surface area contributed by atoms with Crippen molar-refractivity contribution in [3.63, 3.8) is 0 Å². The number of benzene rings is 2. The summed E-state index contributed by atoms with van der Waals surface area (Å²) >= 11 is 9.53. The predicted octanol–water partition coefficient (Wildman–Crippen LogP) is 5.66. The third-order valence-electron chi connectivity index (χ3n) is 5.61. The van der Waals surface area contributed by atoms with Crippen molar-refractivity contribution in [2.75, 3.05) is 13.2 Å². The molecule has 0 saturated heterocycles. The highest BCUT2D eigenvalue weighted by atomic mass is 79.9. The molecule has 0 heterocycles. The number of hydrogen-bond acceptors (Lipinski definition) is 4. The molecule has 8 heteroatoms. The number of halogens is 2. The van der Waals surface area contributed by atoms with Crippen molar-refractivity contribution in [2.24, 2.45) is 11.8 Å². The summed E-state index contributed by atoms with van der Waals surface area (Å²) in [6, 6.07) is 14.0. The van der Waals surface area contributed by atoms with Crippen molar-refractivity contribution in [3.8, 4) is 0 Å². The average Bonchev–Trinajstić information content (AvgIpc) is 2.74. The molecule has 0 radical (unpaired) electrons. The van der Waals surface area contributed by atoms with Crippen LogP contribution in [0.15, 0.2) is 57.9 Å². The minimum atomic E-state index is -3.73. The number of nitrogens with zero attached hydrogens (tertiary/aromatic N) is 1. The van der Waals surface area contributed by atoms with Crippen LogP contribution in [0.5, 0.6) is 0 Å². The fourth-order valence-electron chi connectivity index (χ4n) is 3.99. The van der Waals surface area contributed by atoms with Crippen molar-refractivity contribution >= 4 is 43.5 Å². The van der Waals surface area contributed by atoms with E-state index >= 15 is 0 Å². The third kappa shape index (κ3) is 6.54. The highest BCUT2D eigenvalue weighted by Crippen LogP contribution is 2.32. The summed E-state index contributed by atoms with van der Waals surface area (Å²) in [5.41, 5.74) is 0.903. The molecule has 0 N–H and O–H groups in total. The molecule has 2 aromatic carbocycles. The summed E-state index contributed by atoms with van der Waals surface area (Å²) in [6.45, 7) is 2.87. The maximum atomic E-state index is 13.5. The van der Waals surface area contributed by atoms with Gasteiger partial charge in [-0.05, 0) is 74.4 Å². The first-order valence-corrected chi connectivity index (χ1v) is 13.1. The lowest BCUT2D eigenvalue weighted by atomic mass is 9.82. The molecule has 1 fully saturated rings. The van der Waals surface area contributed by atoms with Crippen LogP contribution < -0.4 is 0 Å². The van der Waals surface area contributed by atoms with Crippen LogP contribution in [-0.4, -0.2) is 31.8 Å². The second-order valence-electron chi connectivity index (χ2n) is 7.85. The molecule has 1 saturated carbocycles. The maximum Gasteiger partial charge on any atom is 0.308 e. The number of hydrogen-bond donors (Lipinski definition) is 0. The van der Waals surface area contributed by atoms with Gasteiger partial charge < -0.3 is 4.74 Å². The van der Waals surface area contributed by atoms with Crippen LogP contribution in [0, 0.1) is 11.8 Å². The van der Waals surface area contributed by atoms with Crippen LogP contribution in [-0.2, 0) is 26.1 Å². The Morgan fingerprint density at radius 3 is 2.48 bits per heavy atom. The molecular formula is C23H27BrClNO4S. The quantitative estimate of drug-likeness (QED) is 0.415. The van der Waals surface area contributed by atoms with Crippen LogP contribution in [0.4, 0.5) is 0 Å². The lowest BCUT2D eigenvalue weighted by Crippen LogP contribution is -2.37. The summed E-state index contributed by atoms with van der Waals surface area (Å²) in [4.78, 5) is 12.2. The normalized spacial score (nSPS) is 19.4. The van der Waals surface area contributed by atoms with E-state index in [0.717, 1.165) is 35.7 Å². The van der Waals surface area contributed by atoms with E-state index < -0.39 is 10.0 Å². The molecule has 0 atom stereocenters. The monoisotopic (exact) mass is 527 g/mol. The molecule has 1 aliphatic carbocycles. The molecule has 1 aliphatic rings. The van der Waals surface area contributed by atoms with E-state index in [2.05, 4.69) is 15.9 Å². The number of sulfonamides is 1. The minimum absolute atomic E-state index is 0.0840. The molecule has 3 rings (SSSR count). The zero-order chi connectivity index (χ0) is 22.4. The van der Waals surface area contributed by atoms with Gasteiger partial charge in [0.15, 0.2) is 0 Å². The second kappa shape index (κ2) is 10.9. The molecule has 0 aliphatic heterocycles. The first-order valence-electron chi connectivity index (χ1n) is 10.5. The SMILES string of the molecule is CCOC(=O)C1CCC(CN(Cc2cccc(Br)c2)S(=O)(=O)c2cccc(Cl)c2)CC1. The van der Waals surface area contributed by atoms with E-state index in [-0.39, 0.29) is 29.2 Å². The Balaban J connectivity index is 1.79. The Bertz CT molecular complexity index is 1010. The summed E-state index contributed by atoms with van der Waals surface area (Å²) < 4.78 is 34.6. The summed E-state index contributed by atoms with van der Waals surface area (Å²) in [6.07, 6.45) is 3.05. The lowest BCUT2D eigenvalue weighted by Gasteiger charge is -2.31. The van der Waals surface area contributed by atoms with Gasteiger partial charge >= 0.3 is 5.97 Å². The molecule has 168 valence electrons. The van der Waals surface area contributed by atoms with Gasteiger partial charge in [-0.25, -0.2) is 8.42 Å². The summed E-state index contributed by atoms with van der Waals surface area (Å²) in [5.74, 6) is -0.0375. The van der Waals surface area contributed by atoms with Gasteiger partial charge in [-0.15, -0.1) is 0 Å². The van der Waals surface area contributed by atoms with Gasteiger partial charge in [-0.3, -0.25) is 4.79 Å². The van der Waals surface area contributed by atoms with Crippen molar-refractivity contribution in [2.45, 2.75) is 44.0 Å². The van der Waals surface area contributed by atoms with E-state index in [1.54, 1.807) is 18.2 Å². The first-order chi connectivity index (χ1) is 14.8. The first kappa shape index (κ1) is 24.2. The van der Waals surface area contributed by atoms with E-state index in [1.807, 2.05) is 31.2 Å². The molecule has 0 bridgehead atoms. The van der Waals surface area contributed by atoms with Crippen molar-refractivity contribution in [3.05, 3.63) is 63.6 Å². The van der Waals surface area contributed by atoms with Crippen LogP contribution >= 0.6 is 27.5 Å². The molecule has 0 unspecified atom stereocenters. The predicted molar refractivity (Wildman–Crippen MR) is 125 cm³/mol. The third-order valence-corrected chi connectivity index (χ3v) is 8.15. The van der Waals surface area contributed by atoms with Crippen LogP contribution in [0.2, 0.25) is 5.02 Å². The van der Waals surface area contributed by atoms with E-state index in [4.69, 9.17) is 16.3 Å². The van der Waals surface area contributed by atoms with Gasteiger partial charge in [0.05, 0.1) is 17.4 Å². The molecular weight excluding hydrogens is 502 g/mol. The van der Waals surface area contributed by atoms with Crippen LogP contribution in [0.25, 0.3) is 0 Å². The zero-order valence-electron chi connectivity index (χ0n) is 17.5. The lowest BCUT2D eigenvalue weighted by molar-refractivity contribution is -0.149. The topological polar surface area (TPSA) is 63.7 Å². The average molecular weight is 529 g/mol. The van der Waals surface area contributed by atoms with Crippen molar-refractivity contribution in [1.29, 1.82) is 0 Å². The summed E-state index contributed by atoms with van der Waals surface area (Å²) in [7, 11) is -3.73. The Labute approximate surface area is 197 Å². The van der Waals surface area contributed by atoms with Crippen LogP contribution in [0.1, 0.15) is 38.2 Å². The van der Waals surface area contributed by atoms with E-state index in [1.165, 1.54) is 10.4 Å². The minimum Gasteiger partial charge on any atom is -0.466 e. The zero-order valence-corrected chi connectivity index (χ0v) is 20.6. The van der Waals surface area contributed by atoms with Crippen LogP contribution in [0.3, 0.4) is 0 Å². The molecule has 0 aromatic heterocycles. The molecule has 2 aromatic rings. The fourth-order valence-corrected chi connectivity index (χ4v) is 6.24. The Hall–Kier alpha value is -1.41. The number of rotatable bonds is 8. The second-order valence-corrected chi connectivity index (χ2v) is 11.1. The van der Waals surface area contributed by atoms with Gasteiger partial charge in [-0.2, -0.15) is 4.31 Å². The van der Waals surface area contributed by atoms with Crippen molar-refractivity contribution < 1.29 is 17.9 Å².